The summed E-state index contributed by atoms with van der Waals surface area (Å²) < 4.78 is 35.0. The topological polar surface area (TPSA) is 57.2 Å². The van der Waals surface area contributed by atoms with Crippen LogP contribution in [0.1, 0.15) is 11.1 Å². The second-order valence-electron chi connectivity index (χ2n) is 5.86. The van der Waals surface area contributed by atoms with Crippen LogP contribution in [0.15, 0.2) is 77.7 Å². The summed E-state index contributed by atoms with van der Waals surface area (Å²) in [5.74, 6) is 0. The summed E-state index contributed by atoms with van der Waals surface area (Å²) in [5, 5.41) is 3.13. The largest absolute Gasteiger partial charge is 1.00 e. The maximum atomic E-state index is 11.7. The monoisotopic (exact) mass is 392 g/mol. The zero-order valence-corrected chi connectivity index (χ0v) is 18.7. The molecule has 3 rings (SSSR count). The van der Waals surface area contributed by atoms with E-state index >= 15 is 0 Å². The van der Waals surface area contributed by atoms with Gasteiger partial charge in [-0.3, -0.25) is 0 Å². The third kappa shape index (κ3) is 4.64. The Morgan fingerprint density at radius 3 is 1.65 bits per heavy atom. The Hall–Kier alpha value is -1.000. The van der Waals surface area contributed by atoms with Gasteiger partial charge in [0, 0.05) is 0 Å². The van der Waals surface area contributed by atoms with Gasteiger partial charge in [-0.2, -0.15) is 0 Å². The van der Waals surface area contributed by atoms with Crippen molar-refractivity contribution in [3.8, 4) is 0 Å². The Bertz CT molecular complexity index is 951. The van der Waals surface area contributed by atoms with Crippen molar-refractivity contribution in [1.29, 1.82) is 0 Å². The minimum atomic E-state index is -4.51. The summed E-state index contributed by atoms with van der Waals surface area (Å²) in [6, 6.07) is 23.4. The first-order chi connectivity index (χ1) is 11.9. The summed E-state index contributed by atoms with van der Waals surface area (Å²) in [6.07, 6.45) is 0. The van der Waals surface area contributed by atoms with Crippen LogP contribution in [0.4, 0.5) is 0 Å². The predicted octanol–water partition coefficient (Wildman–Crippen LogP) is -0.0303. The average molecular weight is 392 g/mol. The molecule has 3 aromatic rings. The molecule has 26 heavy (non-hydrogen) atoms. The van der Waals surface area contributed by atoms with Gasteiger partial charge in [0.25, 0.3) is 0 Å². The maximum Gasteiger partial charge on any atom is 1.00 e. The van der Waals surface area contributed by atoms with Gasteiger partial charge in [-0.25, -0.2) is 8.42 Å². The van der Waals surface area contributed by atoms with E-state index in [-0.39, 0.29) is 34.5 Å². The van der Waals surface area contributed by atoms with E-state index in [0.717, 1.165) is 21.5 Å². The molecule has 3 nitrogen and oxygen atoms in total. The molecule has 0 saturated heterocycles. The fraction of sp³-hybridized carbons (Fsp3) is 0.100. The molecule has 0 atom stereocenters. The van der Waals surface area contributed by atoms with Gasteiger partial charge in [0.2, 0.25) is 0 Å². The second kappa shape index (κ2) is 8.79. The smallest absolute Gasteiger partial charge is 0.744 e. The summed E-state index contributed by atoms with van der Waals surface area (Å²) in [5.41, 5.74) is 1.48. The fourth-order valence-electron chi connectivity index (χ4n) is 2.91. The molecule has 0 radical (unpaired) electrons. The van der Waals surface area contributed by atoms with E-state index in [1.165, 1.54) is 0 Å². The molecule has 3 aromatic carbocycles. The van der Waals surface area contributed by atoms with Crippen molar-refractivity contribution < 1.29 is 42.5 Å². The third-order valence-corrected chi connectivity index (χ3v) is 7.60. The number of benzene rings is 3. The van der Waals surface area contributed by atoms with Crippen molar-refractivity contribution in [2.24, 2.45) is 0 Å². The van der Waals surface area contributed by atoms with Crippen LogP contribution in [-0.4, -0.2) is 13.0 Å². The molecule has 128 valence electrons. The summed E-state index contributed by atoms with van der Waals surface area (Å²) in [6.45, 7) is 3.62. The van der Waals surface area contributed by atoms with Gasteiger partial charge in [0.15, 0.2) is 0 Å². The molecule has 0 aliphatic rings. The van der Waals surface area contributed by atoms with E-state index < -0.39 is 18.0 Å². The zero-order chi connectivity index (χ0) is 18.0. The molecule has 0 N–H and O–H groups in total. The number of hydrogen-bond acceptors (Lipinski definition) is 3. The quantitative estimate of drug-likeness (QED) is 0.356. The molecule has 0 aliphatic heterocycles. The number of hydrogen-bond donors (Lipinski definition) is 0. The fourth-order valence-corrected chi connectivity index (χ4v) is 6.19. The van der Waals surface area contributed by atoms with Gasteiger partial charge < -0.3 is 4.55 Å². The summed E-state index contributed by atoms with van der Waals surface area (Å²) in [4.78, 5) is -0.132. The van der Waals surface area contributed by atoms with Gasteiger partial charge in [-0.05, 0) is 54.9 Å². The van der Waals surface area contributed by atoms with Gasteiger partial charge >= 0.3 is 29.6 Å². The van der Waals surface area contributed by atoms with E-state index in [4.69, 9.17) is 0 Å². The Morgan fingerprint density at radius 2 is 1.23 bits per heavy atom. The Labute approximate surface area is 178 Å². The SMILES string of the molecule is Cc1cc(C)c(S(=O)(=O)[O-])cc1P(c1ccccc1)c1ccccc1.[Na+]. The summed E-state index contributed by atoms with van der Waals surface area (Å²) >= 11 is 0. The normalized spacial score (nSPS) is 11.2. The Balaban J connectivity index is 0.00000243. The standard InChI is InChI=1S/C20H19O3PS.Na/c1-15-13-16(2)20(25(21,22)23)14-19(15)24(17-9-5-3-6-10-17)18-11-7-4-8-12-18;/h3-14H,1-2H3,(H,21,22,23);/q;+1/p-1. The molecular formula is C20H18NaO3PS. The average Bonchev–Trinajstić information content (AvgIpc) is 2.58. The van der Waals surface area contributed by atoms with Crippen molar-refractivity contribution in [3.05, 3.63) is 83.9 Å². The van der Waals surface area contributed by atoms with Crippen LogP contribution in [0.3, 0.4) is 0 Å². The number of aryl methyl sites for hydroxylation is 2. The molecule has 0 spiro atoms. The molecule has 0 unspecified atom stereocenters. The maximum absolute atomic E-state index is 11.7. The van der Waals surface area contributed by atoms with Gasteiger partial charge in [-0.1, -0.05) is 66.7 Å². The van der Waals surface area contributed by atoms with Crippen molar-refractivity contribution in [1.82, 2.24) is 0 Å². The van der Waals surface area contributed by atoms with Crippen LogP contribution in [0.25, 0.3) is 0 Å². The zero-order valence-electron chi connectivity index (χ0n) is 15.0. The van der Waals surface area contributed by atoms with Crippen LogP contribution < -0.4 is 45.5 Å². The Kier molecular flexibility index (Phi) is 7.20. The molecule has 0 saturated carbocycles. The molecule has 0 heterocycles. The van der Waals surface area contributed by atoms with Crippen LogP contribution in [-0.2, 0) is 10.1 Å². The summed E-state index contributed by atoms with van der Waals surface area (Å²) in [7, 11) is -5.46. The van der Waals surface area contributed by atoms with Gasteiger partial charge in [0.05, 0.1) is 4.90 Å². The van der Waals surface area contributed by atoms with Crippen LogP contribution in [0, 0.1) is 13.8 Å². The van der Waals surface area contributed by atoms with Crippen molar-refractivity contribution in [2.75, 3.05) is 0 Å². The van der Waals surface area contributed by atoms with Crippen LogP contribution in [0.5, 0.6) is 0 Å². The van der Waals surface area contributed by atoms with Gasteiger partial charge in [0.1, 0.15) is 10.1 Å². The van der Waals surface area contributed by atoms with Crippen LogP contribution in [0.2, 0.25) is 0 Å². The first-order valence-corrected chi connectivity index (χ1v) is 10.6. The number of rotatable bonds is 4. The van der Waals surface area contributed by atoms with Crippen LogP contribution >= 0.6 is 7.92 Å². The van der Waals surface area contributed by atoms with E-state index in [1.807, 2.05) is 67.6 Å². The second-order valence-corrected chi connectivity index (χ2v) is 9.40. The van der Waals surface area contributed by atoms with E-state index in [2.05, 4.69) is 0 Å². The van der Waals surface area contributed by atoms with Crippen molar-refractivity contribution >= 4 is 34.0 Å². The van der Waals surface area contributed by atoms with Crippen molar-refractivity contribution in [3.63, 3.8) is 0 Å². The molecule has 6 heteroatoms. The minimum absolute atomic E-state index is 0. The predicted molar refractivity (Wildman–Crippen MR) is 103 cm³/mol. The molecule has 0 amide bonds. The Morgan fingerprint density at radius 1 is 0.769 bits per heavy atom. The third-order valence-electron chi connectivity index (χ3n) is 4.03. The molecular weight excluding hydrogens is 374 g/mol. The van der Waals surface area contributed by atoms with E-state index in [0.29, 0.717) is 5.56 Å². The molecule has 0 aromatic heterocycles. The van der Waals surface area contributed by atoms with E-state index in [9.17, 15) is 13.0 Å². The molecule has 0 fully saturated rings. The first-order valence-electron chi connectivity index (χ1n) is 7.85. The minimum Gasteiger partial charge on any atom is -0.744 e. The molecule has 0 bridgehead atoms. The van der Waals surface area contributed by atoms with Gasteiger partial charge in [-0.15, -0.1) is 0 Å². The van der Waals surface area contributed by atoms with E-state index in [1.54, 1.807) is 19.1 Å². The molecule has 0 aliphatic carbocycles. The van der Waals surface area contributed by atoms with Crippen molar-refractivity contribution in [2.45, 2.75) is 18.7 Å². The first kappa shape index (κ1) is 21.3.